The van der Waals surface area contributed by atoms with Crippen molar-refractivity contribution < 1.29 is 9.53 Å². The molecule has 0 aliphatic rings. The average molecular weight is 249 g/mol. The topological polar surface area (TPSA) is 29.5 Å². The van der Waals surface area contributed by atoms with E-state index >= 15 is 0 Å². The zero-order chi connectivity index (χ0) is 13.8. The van der Waals surface area contributed by atoms with Crippen molar-refractivity contribution in [3.63, 3.8) is 0 Å². The molecule has 0 bridgehead atoms. The van der Waals surface area contributed by atoms with E-state index in [4.69, 9.17) is 4.74 Å². The van der Waals surface area contributed by atoms with Crippen molar-refractivity contribution >= 4 is 5.97 Å². The average Bonchev–Trinajstić information content (AvgIpc) is 2.30. The molecular weight excluding hydrogens is 226 g/mol. The molecule has 1 atom stereocenters. The zero-order valence-electron chi connectivity index (χ0n) is 11.9. The number of nitrogens with zero attached hydrogens (tertiary/aromatic N) is 1. The fourth-order valence-corrected chi connectivity index (χ4v) is 2.58. The summed E-state index contributed by atoms with van der Waals surface area (Å²) in [5.41, 5.74) is 0.250. The highest BCUT2D eigenvalue weighted by atomic mass is 16.5. The van der Waals surface area contributed by atoms with Crippen LogP contribution in [0.15, 0.2) is 30.3 Å². The summed E-state index contributed by atoms with van der Waals surface area (Å²) in [6.45, 7) is 6.32. The lowest BCUT2D eigenvalue weighted by molar-refractivity contribution is -0.160. The molecule has 0 aliphatic heterocycles. The van der Waals surface area contributed by atoms with Crippen LogP contribution in [0.3, 0.4) is 0 Å². The number of hydrogen-bond acceptors (Lipinski definition) is 3. The van der Waals surface area contributed by atoms with Crippen LogP contribution in [0.2, 0.25) is 0 Å². The first-order valence-corrected chi connectivity index (χ1v) is 6.38. The predicted octanol–water partition coefficient (Wildman–Crippen LogP) is 2.66. The van der Waals surface area contributed by atoms with Crippen LogP contribution in [0.5, 0.6) is 0 Å². The van der Waals surface area contributed by atoms with E-state index in [1.54, 1.807) is 0 Å². The van der Waals surface area contributed by atoms with E-state index in [2.05, 4.69) is 0 Å². The van der Waals surface area contributed by atoms with Gasteiger partial charge in [0, 0.05) is 0 Å². The van der Waals surface area contributed by atoms with Crippen LogP contribution in [0.4, 0.5) is 0 Å². The number of hydrogen-bond donors (Lipinski definition) is 0. The molecule has 0 spiro atoms. The molecule has 1 unspecified atom stereocenters. The zero-order valence-corrected chi connectivity index (χ0v) is 11.9. The van der Waals surface area contributed by atoms with Crippen LogP contribution in [0.25, 0.3) is 0 Å². The molecule has 0 saturated heterocycles. The van der Waals surface area contributed by atoms with Gasteiger partial charge in [-0.1, -0.05) is 44.2 Å². The van der Waals surface area contributed by atoms with Gasteiger partial charge in [0.1, 0.15) is 5.54 Å². The van der Waals surface area contributed by atoms with Crippen LogP contribution in [-0.2, 0) is 15.1 Å². The number of ether oxygens (including phenoxy) is 1. The van der Waals surface area contributed by atoms with Gasteiger partial charge in [-0.2, -0.15) is 0 Å². The van der Waals surface area contributed by atoms with E-state index in [9.17, 15) is 4.79 Å². The largest absolute Gasteiger partial charge is 0.464 e. The van der Waals surface area contributed by atoms with E-state index in [-0.39, 0.29) is 11.9 Å². The van der Waals surface area contributed by atoms with Crippen molar-refractivity contribution in [2.75, 3.05) is 20.7 Å². The van der Waals surface area contributed by atoms with Gasteiger partial charge in [0.15, 0.2) is 0 Å². The minimum Gasteiger partial charge on any atom is -0.464 e. The molecule has 0 N–H and O–H groups in total. The monoisotopic (exact) mass is 249 g/mol. The molecule has 1 aromatic carbocycles. The second kappa shape index (κ2) is 6.01. The SMILES string of the molecule is CCOC(=O)C(c1ccccc1)(C(C)C)N(C)C. The van der Waals surface area contributed by atoms with Crippen molar-refractivity contribution in [1.82, 2.24) is 4.90 Å². The minimum atomic E-state index is -0.725. The second-order valence-electron chi connectivity index (χ2n) is 4.90. The Morgan fingerprint density at radius 3 is 2.22 bits per heavy atom. The smallest absolute Gasteiger partial charge is 0.331 e. The minimum absolute atomic E-state index is 0.119. The van der Waals surface area contributed by atoms with E-state index < -0.39 is 5.54 Å². The Hall–Kier alpha value is -1.35. The predicted molar refractivity (Wildman–Crippen MR) is 73.3 cm³/mol. The highest BCUT2D eigenvalue weighted by molar-refractivity contribution is 5.83. The quantitative estimate of drug-likeness (QED) is 0.751. The number of likely N-dealkylation sites (N-methyl/N-ethyl adjacent to an activating group) is 1. The molecule has 0 aliphatic carbocycles. The summed E-state index contributed by atoms with van der Waals surface area (Å²) in [6.07, 6.45) is 0. The highest BCUT2D eigenvalue weighted by Crippen LogP contribution is 2.35. The van der Waals surface area contributed by atoms with Gasteiger partial charge in [0.2, 0.25) is 0 Å². The number of rotatable bonds is 5. The Bertz CT molecular complexity index is 377. The first-order valence-electron chi connectivity index (χ1n) is 6.38. The molecule has 18 heavy (non-hydrogen) atoms. The summed E-state index contributed by atoms with van der Waals surface area (Å²) in [5, 5.41) is 0. The molecule has 3 nitrogen and oxygen atoms in total. The van der Waals surface area contributed by atoms with E-state index in [1.165, 1.54) is 0 Å². The lowest BCUT2D eigenvalue weighted by Crippen LogP contribution is -2.53. The first-order chi connectivity index (χ1) is 8.47. The van der Waals surface area contributed by atoms with E-state index in [0.717, 1.165) is 5.56 Å². The van der Waals surface area contributed by atoms with Crippen LogP contribution in [0, 0.1) is 5.92 Å². The van der Waals surface area contributed by atoms with E-state index in [0.29, 0.717) is 6.61 Å². The Labute approximate surface area is 110 Å². The van der Waals surface area contributed by atoms with Crippen LogP contribution >= 0.6 is 0 Å². The number of carbonyl (C=O) groups is 1. The third-order valence-corrected chi connectivity index (χ3v) is 3.34. The van der Waals surface area contributed by atoms with E-state index in [1.807, 2.05) is 70.1 Å². The summed E-state index contributed by atoms with van der Waals surface area (Å²) in [5.74, 6) is -0.0647. The van der Waals surface area contributed by atoms with Gasteiger partial charge in [-0.15, -0.1) is 0 Å². The Morgan fingerprint density at radius 2 is 1.83 bits per heavy atom. The normalized spacial score (nSPS) is 14.6. The maximum Gasteiger partial charge on any atom is 0.331 e. The molecule has 1 aromatic rings. The molecule has 0 fully saturated rings. The number of benzene rings is 1. The highest BCUT2D eigenvalue weighted by Gasteiger charge is 2.46. The molecule has 0 amide bonds. The molecule has 100 valence electrons. The van der Waals surface area contributed by atoms with Crippen molar-refractivity contribution in [3.05, 3.63) is 35.9 Å². The summed E-state index contributed by atoms with van der Waals surface area (Å²) in [4.78, 5) is 14.4. The van der Waals surface area contributed by atoms with Gasteiger partial charge in [-0.05, 0) is 32.5 Å². The fraction of sp³-hybridized carbons (Fsp3) is 0.533. The van der Waals surface area contributed by atoms with Gasteiger partial charge in [-0.25, -0.2) is 4.79 Å². The molecule has 1 rings (SSSR count). The van der Waals surface area contributed by atoms with Gasteiger partial charge in [0.05, 0.1) is 6.61 Å². The fourth-order valence-electron chi connectivity index (χ4n) is 2.58. The maximum absolute atomic E-state index is 12.5. The van der Waals surface area contributed by atoms with Crippen LogP contribution in [0.1, 0.15) is 26.3 Å². The molecule has 0 saturated carbocycles. The lowest BCUT2D eigenvalue weighted by atomic mass is 9.78. The molecule has 0 heterocycles. The van der Waals surface area contributed by atoms with Gasteiger partial charge in [0.25, 0.3) is 0 Å². The number of carbonyl (C=O) groups excluding carboxylic acids is 1. The third kappa shape index (κ3) is 2.41. The van der Waals surface area contributed by atoms with Crippen molar-refractivity contribution in [2.24, 2.45) is 5.92 Å². The second-order valence-corrected chi connectivity index (χ2v) is 4.90. The van der Waals surface area contributed by atoms with Gasteiger partial charge >= 0.3 is 5.97 Å². The molecule has 0 aromatic heterocycles. The Kier molecular flexibility index (Phi) is 4.91. The van der Waals surface area contributed by atoms with Crippen LogP contribution in [-0.4, -0.2) is 31.6 Å². The molecule has 3 heteroatoms. The summed E-state index contributed by atoms with van der Waals surface area (Å²) in [6, 6.07) is 9.83. The van der Waals surface area contributed by atoms with Crippen molar-refractivity contribution in [1.29, 1.82) is 0 Å². The number of esters is 1. The first kappa shape index (κ1) is 14.7. The van der Waals surface area contributed by atoms with Gasteiger partial charge < -0.3 is 4.74 Å². The Morgan fingerprint density at radius 1 is 1.28 bits per heavy atom. The van der Waals surface area contributed by atoms with Crippen molar-refractivity contribution in [3.8, 4) is 0 Å². The molecular formula is C15H23NO2. The van der Waals surface area contributed by atoms with Crippen LogP contribution < -0.4 is 0 Å². The third-order valence-electron chi connectivity index (χ3n) is 3.34. The summed E-state index contributed by atoms with van der Waals surface area (Å²) in [7, 11) is 3.84. The Balaban J connectivity index is 3.36. The standard InChI is InChI=1S/C15H23NO2/c1-6-18-14(17)15(12(2)3,16(4)5)13-10-8-7-9-11-13/h7-12H,6H2,1-5H3. The summed E-state index contributed by atoms with van der Waals surface area (Å²) < 4.78 is 5.30. The summed E-state index contributed by atoms with van der Waals surface area (Å²) >= 11 is 0. The van der Waals surface area contributed by atoms with Crippen molar-refractivity contribution in [2.45, 2.75) is 26.3 Å². The molecule has 0 radical (unpaired) electrons. The van der Waals surface area contributed by atoms with Gasteiger partial charge in [-0.3, -0.25) is 4.90 Å². The maximum atomic E-state index is 12.5. The lowest BCUT2D eigenvalue weighted by Gasteiger charge is -2.41.